The first-order chi connectivity index (χ1) is 12.1. The highest BCUT2D eigenvalue weighted by atomic mass is 16.5. The Morgan fingerprint density at radius 2 is 1.88 bits per heavy atom. The number of hydrogen-bond donors (Lipinski definition) is 0. The fraction of sp³-hybridized carbons (Fsp3) is 0.200. The molecule has 0 unspecified atom stereocenters. The van der Waals surface area contributed by atoms with Gasteiger partial charge in [-0.1, -0.05) is 30.3 Å². The molecule has 0 fully saturated rings. The minimum absolute atomic E-state index is 0.0232. The molecule has 2 aromatic carbocycles. The number of amides is 1. The molecule has 0 saturated heterocycles. The molecule has 0 atom stereocenters. The van der Waals surface area contributed by atoms with E-state index in [2.05, 4.69) is 0 Å². The Bertz CT molecular complexity index is 947. The van der Waals surface area contributed by atoms with Crippen molar-refractivity contribution in [1.82, 2.24) is 4.90 Å². The number of fused-ring (bicyclic) bond motifs is 1. The van der Waals surface area contributed by atoms with Crippen LogP contribution in [-0.2, 0) is 6.54 Å². The minimum Gasteiger partial charge on any atom is -0.494 e. The highest BCUT2D eigenvalue weighted by Crippen LogP contribution is 2.21. The molecular weight excluding hydrogens is 318 g/mol. The van der Waals surface area contributed by atoms with Crippen LogP contribution in [0, 0.1) is 0 Å². The van der Waals surface area contributed by atoms with Crippen LogP contribution in [0.5, 0.6) is 5.75 Å². The summed E-state index contributed by atoms with van der Waals surface area (Å²) in [6.07, 6.45) is 0. The van der Waals surface area contributed by atoms with Crippen LogP contribution in [0.4, 0.5) is 0 Å². The summed E-state index contributed by atoms with van der Waals surface area (Å²) in [7, 11) is 1.66. The highest BCUT2D eigenvalue weighted by molar-refractivity contribution is 5.96. The van der Waals surface area contributed by atoms with Gasteiger partial charge in [-0.05, 0) is 30.7 Å². The molecule has 128 valence electrons. The lowest BCUT2D eigenvalue weighted by atomic mass is 10.1. The fourth-order valence-electron chi connectivity index (χ4n) is 2.63. The van der Waals surface area contributed by atoms with Crippen LogP contribution in [0.3, 0.4) is 0 Å². The Labute approximate surface area is 145 Å². The molecule has 5 heteroatoms. The molecule has 0 aliphatic carbocycles. The zero-order valence-corrected chi connectivity index (χ0v) is 14.2. The van der Waals surface area contributed by atoms with Crippen molar-refractivity contribution < 1.29 is 13.9 Å². The van der Waals surface area contributed by atoms with Crippen molar-refractivity contribution in [2.75, 3.05) is 13.7 Å². The quantitative estimate of drug-likeness (QED) is 0.669. The van der Waals surface area contributed by atoms with E-state index in [1.165, 1.54) is 4.90 Å². The van der Waals surface area contributed by atoms with Gasteiger partial charge in [-0.25, -0.2) is 4.79 Å². The van der Waals surface area contributed by atoms with Crippen LogP contribution in [0.1, 0.15) is 22.8 Å². The molecule has 0 spiro atoms. The maximum absolute atomic E-state index is 12.6. The van der Waals surface area contributed by atoms with Gasteiger partial charge < -0.3 is 14.1 Å². The van der Waals surface area contributed by atoms with E-state index in [0.29, 0.717) is 29.9 Å². The Morgan fingerprint density at radius 3 is 2.60 bits per heavy atom. The first-order valence-corrected chi connectivity index (χ1v) is 8.08. The van der Waals surface area contributed by atoms with Gasteiger partial charge in [0.25, 0.3) is 5.91 Å². The Balaban J connectivity index is 1.89. The van der Waals surface area contributed by atoms with Crippen LogP contribution < -0.4 is 10.4 Å². The number of nitrogens with zero attached hydrogens (tertiary/aromatic N) is 1. The normalized spacial score (nSPS) is 10.6. The van der Waals surface area contributed by atoms with Gasteiger partial charge in [0.15, 0.2) is 0 Å². The largest absolute Gasteiger partial charge is 0.494 e. The number of hydrogen-bond acceptors (Lipinski definition) is 4. The molecule has 0 bridgehead atoms. The maximum Gasteiger partial charge on any atom is 0.349 e. The number of benzene rings is 2. The zero-order valence-electron chi connectivity index (χ0n) is 14.2. The van der Waals surface area contributed by atoms with Crippen molar-refractivity contribution in [2.24, 2.45) is 0 Å². The third-order valence-corrected chi connectivity index (χ3v) is 3.86. The van der Waals surface area contributed by atoms with Gasteiger partial charge in [0.05, 0.1) is 6.61 Å². The second kappa shape index (κ2) is 7.21. The zero-order chi connectivity index (χ0) is 17.8. The molecule has 0 N–H and O–H groups in total. The van der Waals surface area contributed by atoms with Crippen LogP contribution in [0.2, 0.25) is 0 Å². The van der Waals surface area contributed by atoms with E-state index >= 15 is 0 Å². The van der Waals surface area contributed by atoms with Crippen LogP contribution in [0.15, 0.2) is 63.8 Å². The van der Waals surface area contributed by atoms with Crippen LogP contribution >= 0.6 is 0 Å². The second-order valence-corrected chi connectivity index (χ2v) is 5.73. The lowest BCUT2D eigenvalue weighted by Crippen LogP contribution is -2.30. The summed E-state index contributed by atoms with van der Waals surface area (Å²) >= 11 is 0. The summed E-state index contributed by atoms with van der Waals surface area (Å²) in [5.41, 5.74) is 0.768. The van der Waals surface area contributed by atoms with Crippen molar-refractivity contribution in [3.63, 3.8) is 0 Å². The summed E-state index contributed by atoms with van der Waals surface area (Å²) in [5, 5.41) is 0.680. The highest BCUT2D eigenvalue weighted by Gasteiger charge is 2.18. The molecule has 1 amide bonds. The van der Waals surface area contributed by atoms with E-state index in [1.54, 1.807) is 31.3 Å². The average Bonchev–Trinajstić information content (AvgIpc) is 2.61. The topological polar surface area (TPSA) is 59.8 Å². The monoisotopic (exact) mass is 337 g/mol. The predicted octanol–water partition coefficient (Wildman–Crippen LogP) is 3.46. The molecular formula is C20H19NO4. The second-order valence-electron chi connectivity index (χ2n) is 5.73. The predicted molar refractivity (Wildman–Crippen MR) is 95.9 cm³/mol. The summed E-state index contributed by atoms with van der Waals surface area (Å²) in [5.74, 6) is 0.256. The van der Waals surface area contributed by atoms with Gasteiger partial charge >= 0.3 is 5.63 Å². The number of carbonyl (C=O) groups excluding carboxylic acids is 1. The SMILES string of the molecule is CCOc1ccc2cc(C(=O)N(C)Cc3ccccc3)c(=O)oc2c1. The van der Waals surface area contributed by atoms with Gasteiger partial charge in [-0.3, -0.25) is 4.79 Å². The van der Waals surface area contributed by atoms with Crippen molar-refractivity contribution in [1.29, 1.82) is 0 Å². The van der Waals surface area contributed by atoms with Gasteiger partial charge in [-0.15, -0.1) is 0 Å². The lowest BCUT2D eigenvalue weighted by Gasteiger charge is -2.17. The number of rotatable bonds is 5. The molecule has 5 nitrogen and oxygen atoms in total. The molecule has 0 radical (unpaired) electrons. The summed E-state index contributed by atoms with van der Waals surface area (Å²) in [6.45, 7) is 2.82. The van der Waals surface area contributed by atoms with Crippen molar-refractivity contribution in [2.45, 2.75) is 13.5 Å². The molecule has 0 saturated carbocycles. The average molecular weight is 337 g/mol. The van der Waals surface area contributed by atoms with E-state index in [1.807, 2.05) is 37.3 Å². The maximum atomic E-state index is 12.6. The van der Waals surface area contributed by atoms with E-state index in [4.69, 9.17) is 9.15 Å². The molecule has 0 aliphatic heterocycles. The smallest absolute Gasteiger partial charge is 0.349 e. The van der Waals surface area contributed by atoms with Crippen LogP contribution in [-0.4, -0.2) is 24.5 Å². The summed E-state index contributed by atoms with van der Waals surface area (Å²) < 4.78 is 10.7. The van der Waals surface area contributed by atoms with Crippen molar-refractivity contribution >= 4 is 16.9 Å². The molecule has 1 aromatic heterocycles. The number of carbonyl (C=O) groups is 1. The lowest BCUT2D eigenvalue weighted by molar-refractivity contribution is 0.0781. The Hall–Kier alpha value is -3.08. The molecule has 1 heterocycles. The van der Waals surface area contributed by atoms with Gasteiger partial charge in [0.1, 0.15) is 16.9 Å². The van der Waals surface area contributed by atoms with Gasteiger partial charge in [0.2, 0.25) is 0 Å². The Morgan fingerprint density at radius 1 is 1.12 bits per heavy atom. The standard InChI is InChI=1S/C20H19NO4/c1-3-24-16-10-9-15-11-17(20(23)25-18(15)12-16)19(22)21(2)13-14-7-5-4-6-8-14/h4-12H,3,13H2,1-2H3. The third-order valence-electron chi connectivity index (χ3n) is 3.86. The first kappa shape index (κ1) is 16.8. The van der Waals surface area contributed by atoms with E-state index < -0.39 is 5.63 Å². The van der Waals surface area contributed by atoms with Crippen LogP contribution in [0.25, 0.3) is 11.0 Å². The third kappa shape index (κ3) is 3.71. The van der Waals surface area contributed by atoms with Crippen molar-refractivity contribution in [3.05, 3.63) is 76.1 Å². The first-order valence-electron chi connectivity index (χ1n) is 8.08. The minimum atomic E-state index is -0.647. The van der Waals surface area contributed by atoms with E-state index in [0.717, 1.165) is 5.56 Å². The molecule has 3 rings (SSSR count). The summed E-state index contributed by atoms with van der Waals surface area (Å²) in [4.78, 5) is 26.4. The Kier molecular flexibility index (Phi) is 4.84. The van der Waals surface area contributed by atoms with Crippen molar-refractivity contribution in [3.8, 4) is 5.75 Å². The summed E-state index contributed by atoms with van der Waals surface area (Å²) in [6, 6.07) is 16.4. The fourth-order valence-corrected chi connectivity index (χ4v) is 2.63. The van der Waals surface area contributed by atoms with E-state index in [-0.39, 0.29) is 11.5 Å². The number of ether oxygens (including phenoxy) is 1. The molecule has 0 aliphatic rings. The van der Waals surface area contributed by atoms with Gasteiger partial charge in [0, 0.05) is 25.0 Å². The van der Waals surface area contributed by atoms with Gasteiger partial charge in [-0.2, -0.15) is 0 Å². The molecule has 25 heavy (non-hydrogen) atoms. The molecule has 3 aromatic rings. The van der Waals surface area contributed by atoms with E-state index in [9.17, 15) is 9.59 Å².